The maximum absolute atomic E-state index is 11.4. The van der Waals surface area contributed by atoms with Crippen LogP contribution in [-0.2, 0) is 9.53 Å². The summed E-state index contributed by atoms with van der Waals surface area (Å²) in [4.78, 5) is 11.4. The molecule has 0 amide bonds. The lowest BCUT2D eigenvalue weighted by molar-refractivity contribution is 0.113. The molecular weight excluding hydrogens is 182 g/mol. The Hall–Kier alpha value is -0.373. The van der Waals surface area contributed by atoms with Crippen LogP contribution in [0.25, 0.3) is 0 Å². The van der Waals surface area contributed by atoms with Crippen LogP contribution in [0.5, 0.6) is 0 Å². The van der Waals surface area contributed by atoms with Crippen LogP contribution < -0.4 is 0 Å². The molecule has 1 unspecified atom stereocenters. The van der Waals surface area contributed by atoms with E-state index in [4.69, 9.17) is 10.00 Å². The highest BCUT2D eigenvalue weighted by atomic mass is 28.4. The highest BCUT2D eigenvalue weighted by molar-refractivity contribution is 6.69. The van der Waals surface area contributed by atoms with E-state index in [2.05, 4.69) is 0 Å². The first-order valence-corrected chi connectivity index (χ1v) is 7.72. The van der Waals surface area contributed by atoms with Crippen molar-refractivity contribution in [3.05, 3.63) is 0 Å². The van der Waals surface area contributed by atoms with Crippen LogP contribution in [-0.4, -0.2) is 21.5 Å². The van der Waals surface area contributed by atoms with E-state index >= 15 is 0 Å². The van der Waals surface area contributed by atoms with Crippen molar-refractivity contribution in [1.29, 1.82) is 5.26 Å². The molecule has 3 nitrogen and oxygen atoms in total. The van der Waals surface area contributed by atoms with Gasteiger partial charge in [0.25, 0.3) is 0 Å². The first-order valence-electron chi connectivity index (χ1n) is 4.61. The van der Waals surface area contributed by atoms with Crippen LogP contribution in [0.3, 0.4) is 0 Å². The number of hydrogen-bond acceptors (Lipinski definition) is 2. The van der Waals surface area contributed by atoms with Gasteiger partial charge in [0, 0.05) is 6.61 Å². The average Bonchev–Trinajstić information content (AvgIpc) is 1.94. The molecule has 0 heterocycles. The summed E-state index contributed by atoms with van der Waals surface area (Å²) in [7, 11) is -2.18. The van der Waals surface area contributed by atoms with E-state index in [1.807, 2.05) is 26.1 Å². The van der Waals surface area contributed by atoms with Gasteiger partial charge in [-0.25, -0.2) is 0 Å². The molecule has 0 bridgehead atoms. The number of ether oxygens (including phenoxy) is 1. The number of rotatable bonds is 6. The predicted molar refractivity (Wildman–Crippen MR) is 53.2 cm³/mol. The largest absolute Gasteiger partial charge is 0.380 e. The monoisotopic (exact) mass is 200 g/mol. The molecule has 0 aromatic heterocycles. The molecule has 4 heteroatoms. The van der Waals surface area contributed by atoms with Crippen molar-refractivity contribution >= 4 is 8.32 Å². The van der Waals surface area contributed by atoms with Gasteiger partial charge in [-0.05, 0) is 25.1 Å². The third-order valence-corrected chi connectivity index (χ3v) is 3.28. The van der Waals surface area contributed by atoms with E-state index in [1.165, 1.54) is 0 Å². The minimum Gasteiger partial charge on any atom is -0.380 e. The second-order valence-corrected chi connectivity index (χ2v) is 7.98. The lowest BCUT2D eigenvalue weighted by Crippen LogP contribution is -2.27. The van der Waals surface area contributed by atoms with Crippen molar-refractivity contribution < 1.29 is 9.53 Å². The Morgan fingerprint density at radius 3 is 2.62 bits per heavy atom. The van der Waals surface area contributed by atoms with E-state index in [-0.39, 0.29) is 0 Å². The van der Waals surface area contributed by atoms with Crippen LogP contribution in [0.4, 0.5) is 0 Å². The lowest BCUT2D eigenvalue weighted by atomic mass is 10.2. The molecule has 0 N–H and O–H groups in total. The topological polar surface area (TPSA) is 52.9 Å². The molecule has 13 heavy (non-hydrogen) atoms. The molecule has 0 aliphatic rings. The molecule has 0 saturated heterocycles. The van der Waals surface area contributed by atoms with Gasteiger partial charge in [-0.2, -0.15) is 5.26 Å². The molecule has 0 fully saturated rings. The van der Waals surface area contributed by atoms with Gasteiger partial charge >= 0.3 is 0 Å². The summed E-state index contributed by atoms with van der Waals surface area (Å²) in [6.45, 7) is 6.76. The molecule has 1 atom stereocenters. The van der Waals surface area contributed by atoms with E-state index in [1.54, 1.807) is 0 Å². The van der Waals surface area contributed by atoms with Crippen LogP contribution in [0.1, 0.15) is 13.3 Å². The van der Waals surface area contributed by atoms with Crippen molar-refractivity contribution in [2.24, 2.45) is 5.92 Å². The molecule has 0 aromatic carbocycles. The zero-order valence-electron chi connectivity index (χ0n) is 8.67. The molecule has 0 aliphatic heterocycles. The van der Waals surface area contributed by atoms with Crippen LogP contribution >= 0.6 is 0 Å². The van der Waals surface area contributed by atoms with E-state index in [0.717, 1.165) is 6.04 Å². The average molecular weight is 200 g/mol. The van der Waals surface area contributed by atoms with E-state index in [9.17, 15) is 4.80 Å². The smallest absolute Gasteiger partial charge is 0.231 e. The van der Waals surface area contributed by atoms with Gasteiger partial charge in [0.1, 0.15) is 0 Å². The quantitative estimate of drug-likeness (QED) is 0.487. The summed E-state index contributed by atoms with van der Waals surface area (Å²) in [6, 6.07) is 2.76. The molecule has 0 aliphatic carbocycles. The van der Waals surface area contributed by atoms with Gasteiger partial charge in [0.15, 0.2) is 0 Å². The molecule has 1 radical (unpaired) electrons. The number of hydrogen-bond donors (Lipinski definition) is 0. The molecule has 0 aromatic rings. The first-order chi connectivity index (χ1) is 5.95. The molecule has 0 rings (SSSR count). The van der Waals surface area contributed by atoms with Crippen molar-refractivity contribution in [3.8, 4) is 6.07 Å². The van der Waals surface area contributed by atoms with Crippen LogP contribution in [0, 0.1) is 17.2 Å². The zero-order valence-corrected chi connectivity index (χ0v) is 9.67. The second-order valence-electron chi connectivity index (χ2n) is 4.05. The minimum absolute atomic E-state index is 0.331. The van der Waals surface area contributed by atoms with E-state index in [0.29, 0.717) is 25.6 Å². The second kappa shape index (κ2) is 6.14. The Balaban J connectivity index is 3.42. The molecule has 0 spiro atoms. The summed E-state index contributed by atoms with van der Waals surface area (Å²) in [5.74, 6) is 0.331. The van der Waals surface area contributed by atoms with Gasteiger partial charge in [-0.1, -0.05) is 6.92 Å². The highest BCUT2D eigenvalue weighted by Gasteiger charge is 2.22. The van der Waals surface area contributed by atoms with Crippen LogP contribution in [0.15, 0.2) is 0 Å². The van der Waals surface area contributed by atoms with Crippen LogP contribution in [0.2, 0.25) is 19.1 Å². The fraction of sp³-hybridized carbons (Fsp3) is 0.889. The van der Waals surface area contributed by atoms with Crippen molar-refractivity contribution in [3.63, 3.8) is 0 Å². The molecule has 75 valence electrons. The summed E-state index contributed by atoms with van der Waals surface area (Å²) in [6.07, 6.45) is 0.435. The number of nitriles is 1. The zero-order chi connectivity index (χ0) is 10.3. The van der Waals surface area contributed by atoms with E-state index < -0.39 is 8.32 Å². The van der Waals surface area contributed by atoms with Gasteiger partial charge in [-0.3, -0.25) is 4.80 Å². The fourth-order valence-electron chi connectivity index (χ4n) is 1.30. The van der Waals surface area contributed by atoms with Gasteiger partial charge < -0.3 is 4.74 Å². The summed E-state index contributed by atoms with van der Waals surface area (Å²) >= 11 is 0. The Morgan fingerprint density at radius 1 is 1.54 bits per heavy atom. The van der Waals surface area contributed by atoms with Crippen molar-refractivity contribution in [2.45, 2.75) is 32.5 Å². The highest BCUT2D eigenvalue weighted by Crippen LogP contribution is 2.14. The van der Waals surface area contributed by atoms with Crippen molar-refractivity contribution in [1.82, 2.24) is 0 Å². The standard InChI is InChI=1S/C9H18NO2Si/c1-9(8-13(2,3)11)7-12-6-4-5-10/h9H,4,6-8H2,1-3H3. The van der Waals surface area contributed by atoms with Crippen molar-refractivity contribution in [2.75, 3.05) is 13.2 Å². The Morgan fingerprint density at radius 2 is 2.15 bits per heavy atom. The summed E-state index contributed by atoms with van der Waals surface area (Å²) < 4.78 is 5.24. The minimum atomic E-state index is -2.18. The third-order valence-electron chi connectivity index (χ3n) is 1.60. The first kappa shape index (κ1) is 12.6. The lowest BCUT2D eigenvalue weighted by Gasteiger charge is -2.17. The normalized spacial score (nSPS) is 13.8. The predicted octanol–water partition coefficient (Wildman–Crippen LogP) is 2.19. The van der Waals surface area contributed by atoms with Gasteiger partial charge in [0.2, 0.25) is 8.32 Å². The summed E-state index contributed by atoms with van der Waals surface area (Å²) in [5.41, 5.74) is 0. The molecular formula is C9H18NO2Si. The maximum Gasteiger partial charge on any atom is 0.231 e. The molecule has 0 saturated carbocycles. The SMILES string of the molecule is CC(COCCC#N)C[Si](C)(C)[O]. The summed E-state index contributed by atoms with van der Waals surface area (Å²) in [5, 5.41) is 8.24. The number of nitrogens with zero attached hydrogens (tertiary/aromatic N) is 1. The Bertz CT molecular complexity index is 171. The Kier molecular flexibility index (Phi) is 5.96. The Labute approximate surface area is 81.5 Å². The third kappa shape index (κ3) is 9.54. The fourth-order valence-corrected chi connectivity index (χ4v) is 3.10. The maximum atomic E-state index is 11.4. The van der Waals surface area contributed by atoms with Gasteiger partial charge in [0.05, 0.1) is 19.1 Å². The van der Waals surface area contributed by atoms with Gasteiger partial charge in [-0.15, -0.1) is 0 Å².